The minimum atomic E-state index is -0.433. The van der Waals surface area contributed by atoms with Gasteiger partial charge in [-0.2, -0.15) is 0 Å². The summed E-state index contributed by atoms with van der Waals surface area (Å²) in [7, 11) is 0. The molecule has 0 aromatic heterocycles. The predicted octanol–water partition coefficient (Wildman–Crippen LogP) is 4.90. The Bertz CT molecular complexity index is 687. The molecule has 0 aliphatic heterocycles. The number of rotatable bonds is 7. The molecular formula is C21H27NO4. The zero-order valence-corrected chi connectivity index (χ0v) is 15.9. The Morgan fingerprint density at radius 3 is 2.00 bits per heavy atom. The third-order valence-electron chi connectivity index (χ3n) is 3.70. The van der Waals surface area contributed by atoms with Crippen molar-refractivity contribution in [2.45, 2.75) is 33.1 Å². The second kappa shape index (κ2) is 9.13. The molecule has 1 N–H and O–H groups in total. The van der Waals surface area contributed by atoms with Crippen molar-refractivity contribution in [3.63, 3.8) is 0 Å². The molecular weight excluding hydrogens is 330 g/mol. The summed E-state index contributed by atoms with van der Waals surface area (Å²) in [4.78, 5) is 11.1. The number of hydrogen-bond acceptors (Lipinski definition) is 4. The Hall–Kier alpha value is -2.69. The van der Waals surface area contributed by atoms with Gasteiger partial charge in [-0.15, -0.1) is 0 Å². The van der Waals surface area contributed by atoms with Gasteiger partial charge in [-0.1, -0.05) is 32.9 Å². The Labute approximate surface area is 155 Å². The minimum Gasteiger partial charge on any atom is -0.492 e. The van der Waals surface area contributed by atoms with Gasteiger partial charge in [0.1, 0.15) is 23.9 Å². The van der Waals surface area contributed by atoms with Crippen molar-refractivity contribution in [3.05, 3.63) is 54.1 Å². The van der Waals surface area contributed by atoms with Crippen LogP contribution < -0.4 is 14.8 Å². The number of amides is 1. The van der Waals surface area contributed by atoms with Gasteiger partial charge in [0.05, 0.1) is 13.2 Å². The fraction of sp³-hybridized carbons (Fsp3) is 0.381. The first kappa shape index (κ1) is 19.6. The van der Waals surface area contributed by atoms with Crippen LogP contribution in [-0.4, -0.2) is 25.9 Å². The van der Waals surface area contributed by atoms with Crippen LogP contribution in [0.3, 0.4) is 0 Å². The van der Waals surface area contributed by atoms with E-state index in [0.717, 1.165) is 11.5 Å². The maximum atomic E-state index is 11.1. The molecule has 2 aromatic rings. The van der Waals surface area contributed by atoms with Crippen molar-refractivity contribution in [3.8, 4) is 17.2 Å². The quantitative estimate of drug-likeness (QED) is 0.716. The van der Waals surface area contributed by atoms with Crippen LogP contribution in [0.2, 0.25) is 0 Å². The van der Waals surface area contributed by atoms with Gasteiger partial charge in [0.25, 0.3) is 0 Å². The lowest BCUT2D eigenvalue weighted by atomic mass is 9.87. The van der Waals surface area contributed by atoms with Crippen LogP contribution >= 0.6 is 0 Å². The van der Waals surface area contributed by atoms with E-state index >= 15 is 0 Å². The highest BCUT2D eigenvalue weighted by atomic mass is 16.5. The molecule has 0 heterocycles. The van der Waals surface area contributed by atoms with E-state index in [4.69, 9.17) is 14.2 Å². The first-order chi connectivity index (χ1) is 12.4. The normalized spacial score (nSPS) is 10.9. The molecule has 0 radical (unpaired) electrons. The van der Waals surface area contributed by atoms with Gasteiger partial charge >= 0.3 is 6.09 Å². The Morgan fingerprint density at radius 1 is 0.923 bits per heavy atom. The fourth-order valence-electron chi connectivity index (χ4n) is 2.27. The van der Waals surface area contributed by atoms with E-state index in [1.54, 1.807) is 6.92 Å². The van der Waals surface area contributed by atoms with Crippen molar-refractivity contribution < 1.29 is 19.0 Å². The van der Waals surface area contributed by atoms with Crippen molar-refractivity contribution in [2.75, 3.05) is 19.8 Å². The Balaban J connectivity index is 1.81. The van der Waals surface area contributed by atoms with Gasteiger partial charge in [0.2, 0.25) is 0 Å². The van der Waals surface area contributed by atoms with E-state index in [0.29, 0.717) is 25.5 Å². The molecule has 1 amide bonds. The minimum absolute atomic E-state index is 0.125. The number of carbonyl (C=O) groups is 1. The molecule has 26 heavy (non-hydrogen) atoms. The maximum absolute atomic E-state index is 11.1. The third-order valence-corrected chi connectivity index (χ3v) is 3.70. The van der Waals surface area contributed by atoms with E-state index in [-0.39, 0.29) is 5.41 Å². The van der Waals surface area contributed by atoms with Crippen LogP contribution in [0.25, 0.3) is 0 Å². The van der Waals surface area contributed by atoms with Crippen molar-refractivity contribution >= 4 is 6.09 Å². The molecule has 0 unspecified atom stereocenters. The molecule has 0 saturated heterocycles. The summed E-state index contributed by atoms with van der Waals surface area (Å²) < 4.78 is 16.2. The van der Waals surface area contributed by atoms with Crippen molar-refractivity contribution in [1.82, 2.24) is 5.32 Å². The van der Waals surface area contributed by atoms with Gasteiger partial charge in [-0.25, -0.2) is 4.79 Å². The van der Waals surface area contributed by atoms with E-state index in [1.807, 2.05) is 36.4 Å². The summed E-state index contributed by atoms with van der Waals surface area (Å²) in [5, 5.41) is 2.60. The maximum Gasteiger partial charge on any atom is 0.407 e. The molecule has 5 heteroatoms. The van der Waals surface area contributed by atoms with Crippen LogP contribution in [0.15, 0.2) is 48.5 Å². The molecule has 0 aliphatic carbocycles. The average molecular weight is 357 g/mol. The molecule has 140 valence electrons. The standard InChI is InChI=1S/C21H27NO4/c1-5-24-20(23)22-14-15-25-17-10-12-19(13-11-17)26-18-8-6-16(7-9-18)21(2,3)4/h6-13H,5,14-15H2,1-4H3,(H,22,23). The fourth-order valence-corrected chi connectivity index (χ4v) is 2.27. The molecule has 0 saturated carbocycles. The lowest BCUT2D eigenvalue weighted by Crippen LogP contribution is -2.28. The van der Waals surface area contributed by atoms with Gasteiger partial charge in [-0.3, -0.25) is 0 Å². The third kappa shape index (κ3) is 6.31. The predicted molar refractivity (Wildman–Crippen MR) is 102 cm³/mol. The van der Waals surface area contributed by atoms with Crippen molar-refractivity contribution in [2.24, 2.45) is 0 Å². The average Bonchev–Trinajstić information content (AvgIpc) is 2.60. The van der Waals surface area contributed by atoms with Crippen molar-refractivity contribution in [1.29, 1.82) is 0 Å². The summed E-state index contributed by atoms with van der Waals surface area (Å²) >= 11 is 0. The number of alkyl carbamates (subject to hydrolysis) is 1. The number of nitrogens with one attached hydrogen (secondary N) is 1. The summed E-state index contributed by atoms with van der Waals surface area (Å²) in [5.74, 6) is 2.25. The van der Waals surface area contributed by atoms with Crippen LogP contribution in [0.1, 0.15) is 33.3 Å². The molecule has 0 aliphatic rings. The highest BCUT2D eigenvalue weighted by Crippen LogP contribution is 2.27. The first-order valence-corrected chi connectivity index (χ1v) is 8.80. The number of carbonyl (C=O) groups excluding carboxylic acids is 1. The zero-order chi connectivity index (χ0) is 19.0. The Morgan fingerprint density at radius 2 is 1.46 bits per heavy atom. The monoisotopic (exact) mass is 357 g/mol. The van der Waals surface area contributed by atoms with E-state index in [9.17, 15) is 4.79 Å². The van der Waals surface area contributed by atoms with Gasteiger partial charge in [0, 0.05) is 0 Å². The first-order valence-electron chi connectivity index (χ1n) is 8.80. The summed E-state index contributed by atoms with van der Waals surface area (Å²) in [6.45, 7) is 9.42. The lowest BCUT2D eigenvalue weighted by Gasteiger charge is -2.19. The molecule has 0 atom stereocenters. The lowest BCUT2D eigenvalue weighted by molar-refractivity contribution is 0.150. The van der Waals surface area contributed by atoms with Crippen LogP contribution in [0, 0.1) is 0 Å². The number of benzene rings is 2. The number of ether oxygens (including phenoxy) is 3. The summed E-state index contributed by atoms with van der Waals surface area (Å²) in [6.07, 6.45) is -0.433. The zero-order valence-electron chi connectivity index (χ0n) is 15.9. The van der Waals surface area contributed by atoms with Gasteiger partial charge < -0.3 is 19.5 Å². The van der Waals surface area contributed by atoms with Gasteiger partial charge in [0.15, 0.2) is 0 Å². The molecule has 2 rings (SSSR count). The topological polar surface area (TPSA) is 56.8 Å². The van der Waals surface area contributed by atoms with E-state index in [1.165, 1.54) is 5.56 Å². The van der Waals surface area contributed by atoms with E-state index in [2.05, 4.69) is 38.2 Å². The summed E-state index contributed by atoms with van der Waals surface area (Å²) in [5.41, 5.74) is 1.39. The van der Waals surface area contributed by atoms with Crippen LogP contribution in [0.5, 0.6) is 17.2 Å². The van der Waals surface area contributed by atoms with E-state index < -0.39 is 6.09 Å². The van der Waals surface area contributed by atoms with Crippen LogP contribution in [-0.2, 0) is 10.2 Å². The van der Waals surface area contributed by atoms with Crippen LogP contribution in [0.4, 0.5) is 4.79 Å². The number of hydrogen-bond donors (Lipinski definition) is 1. The second-order valence-corrected chi connectivity index (χ2v) is 6.84. The highest BCUT2D eigenvalue weighted by Gasteiger charge is 2.13. The molecule has 2 aromatic carbocycles. The molecule has 0 bridgehead atoms. The molecule has 5 nitrogen and oxygen atoms in total. The molecule has 0 fully saturated rings. The van der Waals surface area contributed by atoms with Gasteiger partial charge in [-0.05, 0) is 54.3 Å². The SMILES string of the molecule is CCOC(=O)NCCOc1ccc(Oc2ccc(C(C)(C)C)cc2)cc1. The molecule has 0 spiro atoms. The largest absolute Gasteiger partial charge is 0.492 e. The Kier molecular flexibility index (Phi) is 6.89. The summed E-state index contributed by atoms with van der Waals surface area (Å²) in [6, 6.07) is 15.5. The second-order valence-electron chi connectivity index (χ2n) is 6.84. The highest BCUT2D eigenvalue weighted by molar-refractivity contribution is 5.66. The smallest absolute Gasteiger partial charge is 0.407 e.